The largest absolute Gasteiger partial charge is 0.249 e. The van der Waals surface area contributed by atoms with Crippen molar-refractivity contribution in [1.82, 2.24) is 4.31 Å². The van der Waals surface area contributed by atoms with Gasteiger partial charge in [-0.15, -0.1) is 0 Å². The molecule has 0 N–H and O–H groups in total. The second-order valence-electron chi connectivity index (χ2n) is 2.98. The Hall–Kier alpha value is 0.240. The maximum atomic E-state index is 12.4. The highest BCUT2D eigenvalue weighted by atomic mass is 32.2. The van der Waals surface area contributed by atoms with Gasteiger partial charge in [-0.3, -0.25) is 0 Å². The van der Waals surface area contributed by atoms with Crippen molar-refractivity contribution < 1.29 is 4.39 Å². The summed E-state index contributed by atoms with van der Waals surface area (Å²) in [5.41, 5.74) is 0. The molecule has 1 atom stereocenters. The molecule has 1 fully saturated rings. The van der Waals surface area contributed by atoms with Crippen LogP contribution in [0.1, 0.15) is 25.7 Å². The van der Waals surface area contributed by atoms with Crippen LogP contribution in [-0.4, -0.2) is 29.8 Å². The average Bonchev–Trinajstić information content (AvgIpc) is 2.27. The molecule has 66 valence electrons. The third kappa shape index (κ3) is 2.64. The minimum atomic E-state index is -0.180. The van der Waals surface area contributed by atoms with Gasteiger partial charge in [0, 0.05) is 12.6 Å². The van der Waals surface area contributed by atoms with Gasteiger partial charge in [-0.25, -0.2) is 8.70 Å². The van der Waals surface area contributed by atoms with Crippen molar-refractivity contribution in [2.45, 2.75) is 31.7 Å². The lowest BCUT2D eigenvalue weighted by atomic mass is 10.1. The first-order valence-electron chi connectivity index (χ1n) is 4.25. The van der Waals surface area contributed by atoms with Crippen molar-refractivity contribution in [3.8, 4) is 0 Å². The van der Waals surface area contributed by atoms with Crippen LogP contribution in [0.15, 0.2) is 0 Å². The van der Waals surface area contributed by atoms with Crippen molar-refractivity contribution in [1.29, 1.82) is 0 Å². The summed E-state index contributed by atoms with van der Waals surface area (Å²) in [6.45, 7) is 0.886. The molecular formula is C8H16FNS. The van der Waals surface area contributed by atoms with Crippen LogP contribution in [0.4, 0.5) is 4.39 Å². The van der Waals surface area contributed by atoms with Gasteiger partial charge in [-0.05, 0) is 19.1 Å². The van der Waals surface area contributed by atoms with Crippen molar-refractivity contribution in [2.24, 2.45) is 0 Å². The van der Waals surface area contributed by atoms with E-state index in [0.717, 1.165) is 13.0 Å². The molecule has 11 heavy (non-hydrogen) atoms. The zero-order valence-electron chi connectivity index (χ0n) is 7.05. The van der Waals surface area contributed by atoms with Gasteiger partial charge in [0.15, 0.2) is 0 Å². The molecular weight excluding hydrogens is 161 g/mol. The first kappa shape index (κ1) is 9.33. The van der Waals surface area contributed by atoms with Crippen LogP contribution in [0.2, 0.25) is 0 Å². The van der Waals surface area contributed by atoms with E-state index in [4.69, 9.17) is 0 Å². The summed E-state index contributed by atoms with van der Waals surface area (Å²) in [6, 6.07) is 0.187. The number of alkyl halides is 1. The van der Waals surface area contributed by atoms with E-state index in [1.165, 1.54) is 19.3 Å². The van der Waals surface area contributed by atoms with E-state index in [1.54, 1.807) is 11.9 Å². The molecule has 0 aromatic rings. The van der Waals surface area contributed by atoms with Gasteiger partial charge in [0.05, 0.1) is 0 Å². The lowest BCUT2D eigenvalue weighted by Crippen LogP contribution is -2.30. The highest BCUT2D eigenvalue weighted by Crippen LogP contribution is 2.22. The Morgan fingerprint density at radius 2 is 2.27 bits per heavy atom. The molecule has 1 heterocycles. The molecule has 0 radical (unpaired) electrons. The van der Waals surface area contributed by atoms with E-state index in [9.17, 15) is 4.39 Å². The van der Waals surface area contributed by atoms with E-state index in [1.807, 2.05) is 6.26 Å². The lowest BCUT2D eigenvalue weighted by Gasteiger charge is -2.24. The van der Waals surface area contributed by atoms with Crippen LogP contribution in [-0.2, 0) is 0 Å². The molecule has 3 heteroatoms. The fourth-order valence-corrected chi connectivity index (χ4v) is 2.32. The Balaban J connectivity index is 2.41. The monoisotopic (exact) mass is 177 g/mol. The fourth-order valence-electron chi connectivity index (χ4n) is 1.55. The van der Waals surface area contributed by atoms with Gasteiger partial charge in [-0.1, -0.05) is 24.8 Å². The van der Waals surface area contributed by atoms with E-state index in [-0.39, 0.29) is 12.7 Å². The summed E-state index contributed by atoms with van der Waals surface area (Å²) >= 11 is 1.69. The molecule has 0 aliphatic carbocycles. The van der Waals surface area contributed by atoms with Gasteiger partial charge in [0.25, 0.3) is 0 Å². The Kier molecular flexibility index (Phi) is 4.23. The summed E-state index contributed by atoms with van der Waals surface area (Å²) in [5, 5.41) is 0. The van der Waals surface area contributed by atoms with E-state index in [0.29, 0.717) is 0 Å². The Labute approximate surface area is 72.5 Å². The quantitative estimate of drug-likeness (QED) is 0.596. The molecule has 1 nitrogen and oxygen atoms in total. The van der Waals surface area contributed by atoms with Crippen molar-refractivity contribution in [2.75, 3.05) is 19.5 Å². The highest BCUT2D eigenvalue weighted by Gasteiger charge is 2.19. The van der Waals surface area contributed by atoms with Crippen LogP contribution < -0.4 is 0 Å². The second kappa shape index (κ2) is 4.99. The van der Waals surface area contributed by atoms with Crippen LogP contribution in [0.25, 0.3) is 0 Å². The number of rotatable bonds is 2. The Morgan fingerprint density at radius 3 is 2.91 bits per heavy atom. The van der Waals surface area contributed by atoms with Gasteiger partial charge in [0.1, 0.15) is 6.67 Å². The molecule has 0 saturated carbocycles. The molecule has 0 aromatic carbocycles. The van der Waals surface area contributed by atoms with Crippen molar-refractivity contribution in [3.05, 3.63) is 0 Å². The second-order valence-corrected chi connectivity index (χ2v) is 3.81. The van der Waals surface area contributed by atoms with Crippen LogP contribution in [0, 0.1) is 0 Å². The van der Waals surface area contributed by atoms with Crippen LogP contribution >= 0.6 is 11.9 Å². The molecule has 1 unspecified atom stereocenters. The maximum absolute atomic E-state index is 12.4. The van der Waals surface area contributed by atoms with Crippen LogP contribution in [0.3, 0.4) is 0 Å². The minimum Gasteiger partial charge on any atom is -0.249 e. The van der Waals surface area contributed by atoms with Crippen molar-refractivity contribution in [3.63, 3.8) is 0 Å². The predicted molar refractivity (Wildman–Crippen MR) is 48.5 cm³/mol. The fraction of sp³-hybridized carbons (Fsp3) is 1.00. The first-order valence-corrected chi connectivity index (χ1v) is 5.43. The van der Waals surface area contributed by atoms with E-state index in [2.05, 4.69) is 4.31 Å². The molecule has 1 saturated heterocycles. The van der Waals surface area contributed by atoms with Gasteiger partial charge in [0.2, 0.25) is 0 Å². The standard InChI is InChI=1S/C8H16FNS/c1-11-10-6-4-2-3-5-8(10)7-9/h8H,2-7H2,1H3. The lowest BCUT2D eigenvalue weighted by molar-refractivity contribution is 0.283. The number of hydrogen-bond donors (Lipinski definition) is 0. The minimum absolute atomic E-state index is 0.180. The third-order valence-electron chi connectivity index (χ3n) is 2.24. The normalized spacial score (nSPS) is 28.4. The van der Waals surface area contributed by atoms with Crippen molar-refractivity contribution >= 4 is 11.9 Å². The third-order valence-corrected chi connectivity index (χ3v) is 3.19. The Bertz CT molecular complexity index is 98.3. The zero-order chi connectivity index (χ0) is 8.10. The van der Waals surface area contributed by atoms with Gasteiger partial charge in [-0.2, -0.15) is 0 Å². The summed E-state index contributed by atoms with van der Waals surface area (Å²) in [4.78, 5) is 0. The molecule has 0 aromatic heterocycles. The number of halogens is 1. The SMILES string of the molecule is CSN1CCCCCC1CF. The summed E-state index contributed by atoms with van der Waals surface area (Å²) in [7, 11) is 0. The summed E-state index contributed by atoms with van der Waals surface area (Å²) in [6.07, 6.45) is 6.78. The maximum Gasteiger partial charge on any atom is 0.106 e. The topological polar surface area (TPSA) is 3.24 Å². The number of nitrogens with zero attached hydrogens (tertiary/aromatic N) is 1. The molecule has 0 bridgehead atoms. The zero-order valence-corrected chi connectivity index (χ0v) is 7.87. The smallest absolute Gasteiger partial charge is 0.106 e. The molecule has 0 amide bonds. The average molecular weight is 177 g/mol. The molecule has 1 rings (SSSR count). The molecule has 1 aliphatic heterocycles. The molecule has 0 spiro atoms. The predicted octanol–water partition coefficient (Wildman–Crippen LogP) is 2.48. The van der Waals surface area contributed by atoms with Gasteiger partial charge < -0.3 is 0 Å². The first-order chi connectivity index (χ1) is 5.38. The van der Waals surface area contributed by atoms with E-state index < -0.39 is 0 Å². The van der Waals surface area contributed by atoms with Gasteiger partial charge >= 0.3 is 0 Å². The molecule has 1 aliphatic rings. The highest BCUT2D eigenvalue weighted by molar-refractivity contribution is 7.96. The van der Waals surface area contributed by atoms with E-state index >= 15 is 0 Å². The summed E-state index contributed by atoms with van der Waals surface area (Å²) < 4.78 is 14.6. The Morgan fingerprint density at radius 1 is 1.45 bits per heavy atom. The van der Waals surface area contributed by atoms with Crippen LogP contribution in [0.5, 0.6) is 0 Å². The number of hydrogen-bond acceptors (Lipinski definition) is 2. The summed E-state index contributed by atoms with van der Waals surface area (Å²) in [5.74, 6) is 0.